The molecular formula is C14H12ClF2NO. The van der Waals surface area contributed by atoms with Crippen LogP contribution in [0.2, 0.25) is 5.02 Å². The number of rotatable bonds is 4. The maximum Gasteiger partial charge on any atom is 0.159 e. The van der Waals surface area contributed by atoms with Gasteiger partial charge in [0.1, 0.15) is 5.75 Å². The van der Waals surface area contributed by atoms with Crippen LogP contribution in [0.3, 0.4) is 0 Å². The molecule has 0 bridgehead atoms. The average Bonchev–Trinajstić information content (AvgIpc) is 2.40. The molecule has 0 saturated heterocycles. The summed E-state index contributed by atoms with van der Waals surface area (Å²) in [6, 6.07) is 8.92. The summed E-state index contributed by atoms with van der Waals surface area (Å²) in [5.74, 6) is -1.09. The van der Waals surface area contributed by atoms with Crippen LogP contribution in [-0.2, 0) is 6.54 Å². The number of ether oxygens (including phenoxy) is 1. The lowest BCUT2D eigenvalue weighted by Gasteiger charge is -2.11. The van der Waals surface area contributed by atoms with Crippen LogP contribution in [0.5, 0.6) is 5.75 Å². The van der Waals surface area contributed by atoms with Crippen LogP contribution in [-0.4, -0.2) is 7.11 Å². The summed E-state index contributed by atoms with van der Waals surface area (Å²) in [7, 11) is 1.55. The first-order chi connectivity index (χ1) is 9.10. The van der Waals surface area contributed by atoms with Gasteiger partial charge in [0.15, 0.2) is 11.6 Å². The third-order valence-corrected chi connectivity index (χ3v) is 2.86. The molecule has 0 saturated carbocycles. The van der Waals surface area contributed by atoms with Crippen molar-refractivity contribution in [3.63, 3.8) is 0 Å². The van der Waals surface area contributed by atoms with E-state index in [1.54, 1.807) is 25.3 Å². The third-order valence-electron chi connectivity index (χ3n) is 2.63. The van der Waals surface area contributed by atoms with Crippen molar-refractivity contribution in [1.82, 2.24) is 0 Å². The zero-order chi connectivity index (χ0) is 13.8. The predicted molar refractivity (Wildman–Crippen MR) is 71.7 cm³/mol. The summed E-state index contributed by atoms with van der Waals surface area (Å²) >= 11 is 5.90. The van der Waals surface area contributed by atoms with E-state index in [1.807, 2.05) is 0 Å². The second kappa shape index (κ2) is 5.89. The largest absolute Gasteiger partial charge is 0.495 e. The molecule has 0 aliphatic rings. The summed E-state index contributed by atoms with van der Waals surface area (Å²) in [5.41, 5.74) is 1.32. The fourth-order valence-corrected chi connectivity index (χ4v) is 1.84. The van der Waals surface area contributed by atoms with Crippen molar-refractivity contribution in [2.24, 2.45) is 0 Å². The zero-order valence-electron chi connectivity index (χ0n) is 10.2. The lowest BCUT2D eigenvalue weighted by atomic mass is 10.2. The molecule has 0 atom stereocenters. The van der Waals surface area contributed by atoms with Gasteiger partial charge in [0, 0.05) is 11.6 Å². The molecule has 2 nitrogen and oxygen atoms in total. The van der Waals surface area contributed by atoms with Crippen molar-refractivity contribution in [2.75, 3.05) is 12.4 Å². The molecule has 2 aromatic rings. The maximum atomic E-state index is 13.1. The monoisotopic (exact) mass is 283 g/mol. The standard InChI is InChI=1S/C14H12ClF2NO/c1-19-14-5-3-10(15)7-13(14)18-8-9-2-4-11(16)12(17)6-9/h2-7,18H,8H2,1H3. The van der Waals surface area contributed by atoms with Gasteiger partial charge in [-0.25, -0.2) is 8.78 Å². The summed E-state index contributed by atoms with van der Waals surface area (Å²) in [6.45, 7) is 0.341. The molecule has 0 radical (unpaired) electrons. The van der Waals surface area contributed by atoms with Gasteiger partial charge in [-0.2, -0.15) is 0 Å². The van der Waals surface area contributed by atoms with E-state index in [1.165, 1.54) is 6.07 Å². The molecule has 0 aliphatic heterocycles. The molecule has 0 spiro atoms. The number of halogens is 3. The smallest absolute Gasteiger partial charge is 0.159 e. The Hall–Kier alpha value is -1.81. The molecule has 0 fully saturated rings. The Bertz CT molecular complexity index is 590. The number of nitrogens with one attached hydrogen (secondary N) is 1. The zero-order valence-corrected chi connectivity index (χ0v) is 11.0. The Labute approximate surface area is 115 Å². The minimum atomic E-state index is -0.864. The maximum absolute atomic E-state index is 13.1. The Morgan fingerprint density at radius 2 is 1.89 bits per heavy atom. The molecule has 100 valence electrons. The lowest BCUT2D eigenvalue weighted by molar-refractivity contribution is 0.416. The number of anilines is 1. The summed E-state index contributed by atoms with van der Waals surface area (Å²) < 4.78 is 31.0. The first-order valence-corrected chi connectivity index (χ1v) is 5.99. The van der Waals surface area contributed by atoms with Crippen LogP contribution >= 0.6 is 11.6 Å². The van der Waals surface area contributed by atoms with E-state index >= 15 is 0 Å². The summed E-state index contributed by atoms with van der Waals surface area (Å²) in [5, 5.41) is 3.63. The molecule has 5 heteroatoms. The van der Waals surface area contributed by atoms with Crippen molar-refractivity contribution in [3.8, 4) is 5.75 Å². The van der Waals surface area contributed by atoms with Gasteiger partial charge in [-0.15, -0.1) is 0 Å². The molecule has 0 aromatic heterocycles. The molecule has 0 aliphatic carbocycles. The van der Waals surface area contributed by atoms with Crippen LogP contribution in [0.25, 0.3) is 0 Å². The third kappa shape index (κ3) is 3.35. The molecular weight excluding hydrogens is 272 g/mol. The van der Waals surface area contributed by atoms with Gasteiger partial charge in [0.25, 0.3) is 0 Å². The lowest BCUT2D eigenvalue weighted by Crippen LogP contribution is -2.02. The molecule has 0 unspecified atom stereocenters. The molecule has 2 aromatic carbocycles. The quantitative estimate of drug-likeness (QED) is 0.906. The molecule has 19 heavy (non-hydrogen) atoms. The van der Waals surface area contributed by atoms with Crippen LogP contribution in [0.15, 0.2) is 36.4 Å². The molecule has 0 heterocycles. The Morgan fingerprint density at radius 1 is 1.11 bits per heavy atom. The molecule has 2 rings (SSSR count). The number of hydrogen-bond donors (Lipinski definition) is 1. The minimum Gasteiger partial charge on any atom is -0.495 e. The van der Waals surface area contributed by atoms with Crippen LogP contribution < -0.4 is 10.1 Å². The first kappa shape index (κ1) is 13.6. The summed E-state index contributed by atoms with van der Waals surface area (Å²) in [4.78, 5) is 0. The van der Waals surface area contributed by atoms with Gasteiger partial charge < -0.3 is 10.1 Å². The SMILES string of the molecule is COc1ccc(Cl)cc1NCc1ccc(F)c(F)c1. The van der Waals surface area contributed by atoms with Crippen LogP contribution in [0.4, 0.5) is 14.5 Å². The highest BCUT2D eigenvalue weighted by molar-refractivity contribution is 6.30. The Morgan fingerprint density at radius 3 is 2.58 bits per heavy atom. The van der Waals surface area contributed by atoms with Crippen molar-refractivity contribution in [1.29, 1.82) is 0 Å². The van der Waals surface area contributed by atoms with Gasteiger partial charge >= 0.3 is 0 Å². The van der Waals surface area contributed by atoms with E-state index < -0.39 is 11.6 Å². The van der Waals surface area contributed by atoms with E-state index in [4.69, 9.17) is 16.3 Å². The fourth-order valence-electron chi connectivity index (χ4n) is 1.67. The Balaban J connectivity index is 2.13. The number of benzene rings is 2. The average molecular weight is 284 g/mol. The van der Waals surface area contributed by atoms with Gasteiger partial charge in [-0.3, -0.25) is 0 Å². The topological polar surface area (TPSA) is 21.3 Å². The second-order valence-electron chi connectivity index (χ2n) is 3.95. The van der Waals surface area contributed by atoms with E-state index in [0.29, 0.717) is 28.6 Å². The fraction of sp³-hybridized carbons (Fsp3) is 0.143. The first-order valence-electron chi connectivity index (χ1n) is 5.61. The van der Waals surface area contributed by atoms with Crippen molar-refractivity contribution < 1.29 is 13.5 Å². The van der Waals surface area contributed by atoms with E-state index in [9.17, 15) is 8.78 Å². The second-order valence-corrected chi connectivity index (χ2v) is 4.38. The van der Waals surface area contributed by atoms with Crippen molar-refractivity contribution in [2.45, 2.75) is 6.54 Å². The highest BCUT2D eigenvalue weighted by Crippen LogP contribution is 2.28. The molecule has 0 amide bonds. The van der Waals surface area contributed by atoms with E-state index in [2.05, 4.69) is 5.32 Å². The number of hydrogen-bond acceptors (Lipinski definition) is 2. The van der Waals surface area contributed by atoms with Gasteiger partial charge in [-0.1, -0.05) is 17.7 Å². The van der Waals surface area contributed by atoms with Crippen LogP contribution in [0.1, 0.15) is 5.56 Å². The van der Waals surface area contributed by atoms with Crippen molar-refractivity contribution >= 4 is 17.3 Å². The highest BCUT2D eigenvalue weighted by atomic mass is 35.5. The highest BCUT2D eigenvalue weighted by Gasteiger charge is 2.05. The number of methoxy groups -OCH3 is 1. The van der Waals surface area contributed by atoms with Gasteiger partial charge in [-0.05, 0) is 35.9 Å². The van der Waals surface area contributed by atoms with Crippen LogP contribution in [0, 0.1) is 11.6 Å². The Kier molecular flexibility index (Phi) is 4.22. The summed E-state index contributed by atoms with van der Waals surface area (Å²) in [6.07, 6.45) is 0. The normalized spacial score (nSPS) is 10.3. The van der Waals surface area contributed by atoms with E-state index in [-0.39, 0.29) is 0 Å². The predicted octanol–water partition coefficient (Wildman–Crippen LogP) is 4.24. The van der Waals surface area contributed by atoms with Gasteiger partial charge in [0.05, 0.1) is 12.8 Å². The van der Waals surface area contributed by atoms with Gasteiger partial charge in [0.2, 0.25) is 0 Å². The minimum absolute atomic E-state index is 0.341. The van der Waals surface area contributed by atoms with Crippen molar-refractivity contribution in [3.05, 3.63) is 58.6 Å². The van der Waals surface area contributed by atoms with E-state index in [0.717, 1.165) is 12.1 Å². The molecule has 1 N–H and O–H groups in total.